The van der Waals surface area contributed by atoms with E-state index in [0.29, 0.717) is 17.9 Å². The standard InChI is InChI=1S/C29H25N3O7/c1-38-19-9-7-17(8-10-19)27(33)25-26(21-5-3-4-6-24(21)32(36)37)31(29(35)28(25)34)14-13-18-16-30-23-12-11-20(39-2)15-22(18)23/h3-12,15-16,26,30,33H,13-14H2,1-2H3/t26-/m1/s1. The van der Waals surface area contributed by atoms with Gasteiger partial charge in [-0.3, -0.25) is 19.7 Å². The van der Waals surface area contributed by atoms with Crippen LogP contribution in [0.25, 0.3) is 16.7 Å². The lowest BCUT2D eigenvalue weighted by molar-refractivity contribution is -0.385. The maximum atomic E-state index is 13.4. The van der Waals surface area contributed by atoms with Crippen molar-refractivity contribution < 1.29 is 29.1 Å². The number of nitrogens with one attached hydrogen (secondary N) is 1. The monoisotopic (exact) mass is 527 g/mol. The Morgan fingerprint density at radius 3 is 2.41 bits per heavy atom. The van der Waals surface area contributed by atoms with E-state index in [4.69, 9.17) is 9.47 Å². The molecule has 5 rings (SSSR count). The summed E-state index contributed by atoms with van der Waals surface area (Å²) in [6.45, 7) is 0.0743. The van der Waals surface area contributed by atoms with Gasteiger partial charge >= 0.3 is 0 Å². The molecule has 0 radical (unpaired) electrons. The van der Waals surface area contributed by atoms with E-state index in [1.807, 2.05) is 24.4 Å². The maximum absolute atomic E-state index is 13.4. The number of aliphatic hydroxyl groups is 1. The molecule has 0 spiro atoms. The fourth-order valence-corrected chi connectivity index (χ4v) is 4.96. The zero-order valence-electron chi connectivity index (χ0n) is 21.2. The lowest BCUT2D eigenvalue weighted by Gasteiger charge is -2.25. The Bertz CT molecular complexity index is 1620. The van der Waals surface area contributed by atoms with Gasteiger partial charge < -0.3 is 24.5 Å². The van der Waals surface area contributed by atoms with Gasteiger partial charge in [0.05, 0.1) is 36.3 Å². The van der Waals surface area contributed by atoms with Crippen LogP contribution in [0.2, 0.25) is 0 Å². The van der Waals surface area contributed by atoms with Crippen molar-refractivity contribution >= 4 is 34.0 Å². The van der Waals surface area contributed by atoms with Crippen molar-refractivity contribution in [2.24, 2.45) is 0 Å². The number of Topliss-reactive ketones (excluding diaryl/α,β-unsaturated/α-hetero) is 1. The smallest absolute Gasteiger partial charge is 0.295 e. The normalized spacial score (nSPS) is 16.6. The van der Waals surface area contributed by atoms with Crippen LogP contribution in [0.4, 0.5) is 5.69 Å². The molecule has 1 atom stereocenters. The number of aromatic nitrogens is 1. The van der Waals surface area contributed by atoms with Crippen molar-refractivity contribution in [3.05, 3.63) is 105 Å². The first kappa shape index (κ1) is 25.5. The van der Waals surface area contributed by atoms with E-state index < -0.39 is 28.4 Å². The molecule has 4 aromatic rings. The second-order valence-electron chi connectivity index (χ2n) is 9.01. The number of nitro groups is 1. The summed E-state index contributed by atoms with van der Waals surface area (Å²) in [5.41, 5.74) is 1.70. The Kier molecular flexibility index (Phi) is 6.76. The molecule has 39 heavy (non-hydrogen) atoms. The molecule has 10 heteroatoms. The van der Waals surface area contributed by atoms with Crippen LogP contribution in [0.1, 0.15) is 22.7 Å². The lowest BCUT2D eigenvalue weighted by Crippen LogP contribution is -2.32. The number of aliphatic hydroxyl groups excluding tert-OH is 1. The van der Waals surface area contributed by atoms with E-state index in [9.17, 15) is 24.8 Å². The number of hydrogen-bond donors (Lipinski definition) is 2. The number of hydrogen-bond acceptors (Lipinski definition) is 7. The minimum atomic E-state index is -1.16. The molecule has 1 aromatic heterocycles. The third kappa shape index (κ3) is 4.56. The quantitative estimate of drug-likeness (QED) is 0.111. The molecule has 1 fully saturated rings. The minimum absolute atomic E-state index is 0.0743. The van der Waals surface area contributed by atoms with Crippen LogP contribution in [-0.4, -0.2) is 52.4 Å². The molecule has 198 valence electrons. The van der Waals surface area contributed by atoms with Gasteiger partial charge in [-0.15, -0.1) is 0 Å². The van der Waals surface area contributed by atoms with E-state index in [1.165, 1.54) is 30.2 Å². The number of H-pyrrole nitrogens is 1. The van der Waals surface area contributed by atoms with Crippen molar-refractivity contribution in [2.45, 2.75) is 12.5 Å². The highest BCUT2D eigenvalue weighted by molar-refractivity contribution is 6.46. The van der Waals surface area contributed by atoms with Crippen LogP contribution in [0.5, 0.6) is 11.5 Å². The third-order valence-corrected chi connectivity index (χ3v) is 6.93. The highest BCUT2D eigenvalue weighted by atomic mass is 16.6. The zero-order chi connectivity index (χ0) is 27.7. The summed E-state index contributed by atoms with van der Waals surface area (Å²) < 4.78 is 10.5. The Labute approximate surface area is 223 Å². The average Bonchev–Trinajstić information content (AvgIpc) is 3.48. The summed E-state index contributed by atoms with van der Waals surface area (Å²) in [6, 6.07) is 16.7. The first-order valence-electron chi connectivity index (χ1n) is 12.1. The molecule has 0 aliphatic carbocycles. The minimum Gasteiger partial charge on any atom is -0.507 e. The van der Waals surface area contributed by atoms with Crippen molar-refractivity contribution in [2.75, 3.05) is 20.8 Å². The molecule has 0 saturated carbocycles. The van der Waals surface area contributed by atoms with E-state index in [1.54, 1.807) is 37.4 Å². The molecule has 1 aliphatic rings. The number of fused-ring (bicyclic) bond motifs is 1. The lowest BCUT2D eigenvalue weighted by atomic mass is 9.94. The highest BCUT2D eigenvalue weighted by Crippen LogP contribution is 2.42. The molecule has 10 nitrogen and oxygen atoms in total. The predicted molar refractivity (Wildman–Crippen MR) is 144 cm³/mol. The summed E-state index contributed by atoms with van der Waals surface area (Å²) >= 11 is 0. The van der Waals surface area contributed by atoms with Gasteiger partial charge in [0, 0.05) is 35.3 Å². The molecule has 2 N–H and O–H groups in total. The third-order valence-electron chi connectivity index (χ3n) is 6.93. The summed E-state index contributed by atoms with van der Waals surface area (Å²) in [5.74, 6) is -0.961. The SMILES string of the molecule is COc1ccc(C(O)=C2C(=O)C(=O)N(CCc3c[nH]c4ccc(OC)cc34)[C@@H]2c2ccccc2[N+](=O)[O-])cc1. The second-order valence-corrected chi connectivity index (χ2v) is 9.01. The van der Waals surface area contributed by atoms with Gasteiger partial charge in [-0.2, -0.15) is 0 Å². The first-order chi connectivity index (χ1) is 18.8. The number of nitrogens with zero attached hydrogens (tertiary/aromatic N) is 2. The zero-order valence-corrected chi connectivity index (χ0v) is 21.2. The largest absolute Gasteiger partial charge is 0.507 e. The summed E-state index contributed by atoms with van der Waals surface area (Å²) in [6.07, 6.45) is 2.16. The number of ether oxygens (including phenoxy) is 2. The molecule has 1 aliphatic heterocycles. The fraction of sp³-hybridized carbons (Fsp3) is 0.172. The van der Waals surface area contributed by atoms with Crippen molar-refractivity contribution in [3.8, 4) is 11.5 Å². The first-order valence-corrected chi connectivity index (χ1v) is 12.1. The van der Waals surface area contributed by atoms with E-state index in [0.717, 1.165) is 16.5 Å². The van der Waals surface area contributed by atoms with E-state index in [-0.39, 0.29) is 28.9 Å². The molecule has 0 bridgehead atoms. The van der Waals surface area contributed by atoms with Gasteiger partial charge in [-0.1, -0.05) is 12.1 Å². The van der Waals surface area contributed by atoms with Crippen molar-refractivity contribution in [1.29, 1.82) is 0 Å². The summed E-state index contributed by atoms with van der Waals surface area (Å²) in [4.78, 5) is 42.5. The predicted octanol–water partition coefficient (Wildman–Crippen LogP) is 4.76. The van der Waals surface area contributed by atoms with Crippen molar-refractivity contribution in [1.82, 2.24) is 9.88 Å². The van der Waals surface area contributed by atoms with Gasteiger partial charge in [0.2, 0.25) is 0 Å². The maximum Gasteiger partial charge on any atom is 0.295 e. The van der Waals surface area contributed by atoms with Gasteiger partial charge in [0.1, 0.15) is 17.3 Å². The van der Waals surface area contributed by atoms with Crippen LogP contribution in [0.3, 0.4) is 0 Å². The van der Waals surface area contributed by atoms with Crippen LogP contribution in [0, 0.1) is 10.1 Å². The Morgan fingerprint density at radius 1 is 1.03 bits per heavy atom. The molecular weight excluding hydrogens is 502 g/mol. The van der Waals surface area contributed by atoms with Crippen LogP contribution >= 0.6 is 0 Å². The number of ketones is 1. The molecule has 0 unspecified atom stereocenters. The number of para-hydroxylation sites is 1. The average molecular weight is 528 g/mol. The molecule has 2 heterocycles. The van der Waals surface area contributed by atoms with Gasteiger partial charge in [-0.25, -0.2) is 0 Å². The number of benzene rings is 3. The van der Waals surface area contributed by atoms with E-state index in [2.05, 4.69) is 4.98 Å². The number of rotatable bonds is 8. The van der Waals surface area contributed by atoms with Crippen LogP contribution < -0.4 is 9.47 Å². The van der Waals surface area contributed by atoms with Crippen molar-refractivity contribution in [3.63, 3.8) is 0 Å². The number of carbonyl (C=O) groups is 2. The highest BCUT2D eigenvalue weighted by Gasteiger charge is 2.47. The number of likely N-dealkylation sites (tertiary alicyclic amines) is 1. The van der Waals surface area contributed by atoms with Gasteiger partial charge in [0.25, 0.3) is 17.4 Å². The van der Waals surface area contributed by atoms with Gasteiger partial charge in [0.15, 0.2) is 0 Å². The number of amides is 1. The number of aromatic amines is 1. The summed E-state index contributed by atoms with van der Waals surface area (Å²) in [7, 11) is 3.07. The summed E-state index contributed by atoms with van der Waals surface area (Å²) in [5, 5.41) is 24.1. The number of nitro benzene ring substituents is 1. The topological polar surface area (TPSA) is 135 Å². The van der Waals surface area contributed by atoms with Gasteiger partial charge in [-0.05, 0) is 60.5 Å². The number of methoxy groups -OCH3 is 2. The molecule has 1 amide bonds. The second kappa shape index (κ2) is 10.3. The molecule has 3 aromatic carbocycles. The van der Waals surface area contributed by atoms with Crippen LogP contribution in [0.15, 0.2) is 78.5 Å². The molecular formula is C29H25N3O7. The Balaban J connectivity index is 1.60. The number of carbonyl (C=O) groups excluding carboxylic acids is 2. The fourth-order valence-electron chi connectivity index (χ4n) is 4.96. The Hall–Kier alpha value is -5.12. The Morgan fingerprint density at radius 2 is 1.72 bits per heavy atom. The van der Waals surface area contributed by atoms with E-state index >= 15 is 0 Å². The van der Waals surface area contributed by atoms with Crippen LogP contribution in [-0.2, 0) is 16.0 Å². The molecule has 1 saturated heterocycles.